The van der Waals surface area contributed by atoms with Crippen molar-refractivity contribution in [2.75, 3.05) is 0 Å². The molecule has 2 aliphatic rings. The van der Waals surface area contributed by atoms with Crippen molar-refractivity contribution in [2.24, 2.45) is 0 Å². The Morgan fingerprint density at radius 2 is 2.29 bits per heavy atom. The second-order valence-corrected chi connectivity index (χ2v) is 5.12. The molecule has 1 aromatic heterocycles. The third kappa shape index (κ3) is 2.34. The van der Waals surface area contributed by atoms with Gasteiger partial charge in [-0.3, -0.25) is 5.32 Å². The van der Waals surface area contributed by atoms with Gasteiger partial charge in [-0.1, -0.05) is 0 Å². The number of rotatable bonds is 4. The summed E-state index contributed by atoms with van der Waals surface area (Å²) in [6, 6.07) is 2.87. The normalized spacial score (nSPS) is 20.6. The Bertz CT molecular complexity index is 439. The van der Waals surface area contributed by atoms with Gasteiger partial charge in [-0.25, -0.2) is 4.98 Å². The summed E-state index contributed by atoms with van der Waals surface area (Å²) in [4.78, 5) is 4.46. The number of hydrogen-bond donors (Lipinski definition) is 1. The maximum absolute atomic E-state index is 9.16. The SMILES string of the molecule is N#CC(Cn1cnc2c1CCCC2)NC1CC1. The fourth-order valence-corrected chi connectivity index (χ4v) is 2.55. The molecule has 0 bridgehead atoms. The topological polar surface area (TPSA) is 53.6 Å². The minimum Gasteiger partial charge on any atom is -0.332 e. The highest BCUT2D eigenvalue weighted by Gasteiger charge is 2.25. The summed E-state index contributed by atoms with van der Waals surface area (Å²) >= 11 is 0. The number of imidazole rings is 1. The third-order valence-corrected chi connectivity index (χ3v) is 3.66. The summed E-state index contributed by atoms with van der Waals surface area (Å²) in [6.45, 7) is 0.745. The largest absolute Gasteiger partial charge is 0.332 e. The quantitative estimate of drug-likeness (QED) is 0.850. The van der Waals surface area contributed by atoms with Gasteiger partial charge in [-0.2, -0.15) is 5.26 Å². The van der Waals surface area contributed by atoms with Crippen molar-refractivity contribution in [2.45, 2.75) is 57.2 Å². The number of fused-ring (bicyclic) bond motifs is 1. The molecule has 17 heavy (non-hydrogen) atoms. The molecule has 0 radical (unpaired) electrons. The molecule has 0 aromatic carbocycles. The summed E-state index contributed by atoms with van der Waals surface area (Å²) in [7, 11) is 0. The smallest absolute Gasteiger partial charge is 0.114 e. The lowest BCUT2D eigenvalue weighted by molar-refractivity contribution is 0.501. The highest BCUT2D eigenvalue weighted by atomic mass is 15.1. The van der Waals surface area contributed by atoms with E-state index in [9.17, 15) is 0 Å². The van der Waals surface area contributed by atoms with Crippen LogP contribution in [0.2, 0.25) is 0 Å². The zero-order chi connectivity index (χ0) is 11.7. The zero-order valence-corrected chi connectivity index (χ0v) is 10.0. The van der Waals surface area contributed by atoms with E-state index >= 15 is 0 Å². The van der Waals surface area contributed by atoms with Crippen molar-refractivity contribution >= 4 is 0 Å². The van der Waals surface area contributed by atoms with Crippen LogP contribution < -0.4 is 5.32 Å². The van der Waals surface area contributed by atoms with Crippen LogP contribution in [0.4, 0.5) is 0 Å². The van der Waals surface area contributed by atoms with Crippen LogP contribution in [0.1, 0.15) is 37.1 Å². The van der Waals surface area contributed by atoms with E-state index in [1.54, 1.807) is 0 Å². The van der Waals surface area contributed by atoms with Gasteiger partial charge < -0.3 is 4.57 Å². The molecule has 4 nitrogen and oxygen atoms in total. The molecular weight excluding hydrogens is 212 g/mol. The Balaban J connectivity index is 1.70. The Labute approximate surface area is 102 Å². The summed E-state index contributed by atoms with van der Waals surface area (Å²) in [5.74, 6) is 0. The zero-order valence-electron chi connectivity index (χ0n) is 10.0. The third-order valence-electron chi connectivity index (χ3n) is 3.66. The highest BCUT2D eigenvalue weighted by molar-refractivity contribution is 5.17. The number of hydrogen-bond acceptors (Lipinski definition) is 3. The summed E-state index contributed by atoms with van der Waals surface area (Å²) < 4.78 is 2.18. The number of nitrogens with one attached hydrogen (secondary N) is 1. The van der Waals surface area contributed by atoms with Gasteiger partial charge >= 0.3 is 0 Å². The molecule has 0 amide bonds. The average Bonchev–Trinajstić information content (AvgIpc) is 3.09. The van der Waals surface area contributed by atoms with E-state index < -0.39 is 0 Å². The molecule has 1 N–H and O–H groups in total. The van der Waals surface area contributed by atoms with Crippen molar-refractivity contribution in [3.63, 3.8) is 0 Å². The second kappa shape index (κ2) is 4.50. The van der Waals surface area contributed by atoms with E-state index in [1.165, 1.54) is 37.1 Å². The fraction of sp³-hybridized carbons (Fsp3) is 0.692. The lowest BCUT2D eigenvalue weighted by Gasteiger charge is -2.16. The average molecular weight is 230 g/mol. The first-order chi connectivity index (χ1) is 8.36. The lowest BCUT2D eigenvalue weighted by atomic mass is 10.0. The predicted molar refractivity (Wildman–Crippen MR) is 64.4 cm³/mol. The molecule has 1 unspecified atom stereocenters. The molecule has 1 atom stereocenters. The van der Waals surface area contributed by atoms with Crippen LogP contribution >= 0.6 is 0 Å². The van der Waals surface area contributed by atoms with E-state index in [0.29, 0.717) is 6.04 Å². The number of nitrogens with zero attached hydrogens (tertiary/aromatic N) is 3. The summed E-state index contributed by atoms with van der Waals surface area (Å²) in [6.07, 6.45) is 9.10. The Hall–Kier alpha value is -1.34. The molecule has 90 valence electrons. The maximum atomic E-state index is 9.16. The van der Waals surface area contributed by atoms with Crippen molar-refractivity contribution < 1.29 is 0 Å². The van der Waals surface area contributed by atoms with Crippen molar-refractivity contribution in [3.8, 4) is 6.07 Å². The molecule has 4 heteroatoms. The van der Waals surface area contributed by atoms with Crippen LogP contribution in [0.25, 0.3) is 0 Å². The molecule has 1 saturated carbocycles. The standard InChI is InChI=1S/C13H18N4/c14-7-11(16-10-5-6-10)8-17-9-15-12-3-1-2-4-13(12)17/h9-11,16H,1-6,8H2. The molecule has 1 fully saturated rings. The number of aromatic nitrogens is 2. The van der Waals surface area contributed by atoms with Gasteiger partial charge in [0.2, 0.25) is 0 Å². The highest BCUT2D eigenvalue weighted by Crippen LogP contribution is 2.22. The molecular formula is C13H18N4. The fourth-order valence-electron chi connectivity index (χ4n) is 2.55. The minimum atomic E-state index is -0.0669. The van der Waals surface area contributed by atoms with Crippen molar-refractivity contribution in [1.82, 2.24) is 14.9 Å². The van der Waals surface area contributed by atoms with Crippen LogP contribution in [0, 0.1) is 11.3 Å². The van der Waals surface area contributed by atoms with Crippen LogP contribution in [0.5, 0.6) is 0 Å². The first-order valence-corrected chi connectivity index (χ1v) is 6.55. The monoisotopic (exact) mass is 230 g/mol. The van der Waals surface area contributed by atoms with Gasteiger partial charge in [-0.15, -0.1) is 0 Å². The van der Waals surface area contributed by atoms with E-state index in [-0.39, 0.29) is 6.04 Å². The molecule has 1 heterocycles. The Morgan fingerprint density at radius 3 is 3.06 bits per heavy atom. The van der Waals surface area contributed by atoms with Crippen molar-refractivity contribution in [3.05, 3.63) is 17.7 Å². The Kier molecular flexibility index (Phi) is 2.86. The first kappa shape index (κ1) is 10.8. The second-order valence-electron chi connectivity index (χ2n) is 5.12. The summed E-state index contributed by atoms with van der Waals surface area (Å²) in [5, 5.41) is 12.5. The van der Waals surface area contributed by atoms with Gasteiger partial charge in [0.25, 0.3) is 0 Å². The molecule has 0 spiro atoms. The van der Waals surface area contributed by atoms with E-state index in [2.05, 4.69) is 20.9 Å². The lowest BCUT2D eigenvalue weighted by Crippen LogP contribution is -2.34. The molecule has 0 aliphatic heterocycles. The molecule has 2 aliphatic carbocycles. The van der Waals surface area contributed by atoms with Crippen molar-refractivity contribution in [1.29, 1.82) is 5.26 Å². The molecule has 1 aromatic rings. The van der Waals surface area contributed by atoms with E-state index in [1.807, 2.05) is 6.33 Å². The van der Waals surface area contributed by atoms with Crippen LogP contribution in [-0.2, 0) is 19.4 Å². The summed E-state index contributed by atoms with van der Waals surface area (Å²) in [5.41, 5.74) is 2.61. The van der Waals surface area contributed by atoms with Crippen LogP contribution in [0.3, 0.4) is 0 Å². The maximum Gasteiger partial charge on any atom is 0.114 e. The van der Waals surface area contributed by atoms with Gasteiger partial charge in [-0.05, 0) is 38.5 Å². The Morgan fingerprint density at radius 1 is 1.47 bits per heavy atom. The number of nitriles is 1. The first-order valence-electron chi connectivity index (χ1n) is 6.55. The minimum absolute atomic E-state index is 0.0669. The molecule has 3 rings (SSSR count). The van der Waals surface area contributed by atoms with E-state index in [4.69, 9.17) is 5.26 Å². The van der Waals surface area contributed by atoms with Crippen LogP contribution in [-0.4, -0.2) is 21.6 Å². The predicted octanol–water partition coefficient (Wildman–Crippen LogP) is 1.41. The van der Waals surface area contributed by atoms with Crippen LogP contribution in [0.15, 0.2) is 6.33 Å². The number of aryl methyl sites for hydroxylation is 1. The van der Waals surface area contributed by atoms with Gasteiger partial charge in [0, 0.05) is 11.7 Å². The van der Waals surface area contributed by atoms with Gasteiger partial charge in [0.1, 0.15) is 6.04 Å². The van der Waals surface area contributed by atoms with E-state index in [0.717, 1.165) is 19.4 Å². The van der Waals surface area contributed by atoms with Gasteiger partial charge in [0.15, 0.2) is 0 Å². The molecule has 0 saturated heterocycles. The van der Waals surface area contributed by atoms with Gasteiger partial charge in [0.05, 0.1) is 24.6 Å².